The number of aryl methyl sites for hydroxylation is 1. The van der Waals surface area contributed by atoms with E-state index in [9.17, 15) is 0 Å². The largest absolute Gasteiger partial charge is 0.236 e. The molecule has 0 fully saturated rings. The highest BCUT2D eigenvalue weighted by molar-refractivity contribution is 9.10. The third-order valence-corrected chi connectivity index (χ3v) is 5.47. The first kappa shape index (κ1) is 13.0. The Labute approximate surface area is 135 Å². The molecule has 0 saturated heterocycles. The van der Waals surface area contributed by atoms with Gasteiger partial charge < -0.3 is 0 Å². The molecule has 3 heteroatoms. The molecule has 21 heavy (non-hydrogen) atoms. The van der Waals surface area contributed by atoms with Crippen molar-refractivity contribution in [3.8, 4) is 10.6 Å². The highest BCUT2D eigenvalue weighted by Gasteiger charge is 2.11. The number of aromatic nitrogens is 1. The van der Waals surface area contributed by atoms with Gasteiger partial charge in [-0.25, -0.2) is 4.98 Å². The fourth-order valence-electron chi connectivity index (χ4n) is 2.66. The van der Waals surface area contributed by atoms with Crippen molar-refractivity contribution in [1.82, 2.24) is 4.98 Å². The van der Waals surface area contributed by atoms with Gasteiger partial charge in [0.05, 0.1) is 10.2 Å². The molecule has 0 aliphatic rings. The minimum Gasteiger partial charge on any atom is -0.236 e. The fourth-order valence-corrected chi connectivity index (χ4v) is 4.24. The number of hydrogen-bond acceptors (Lipinski definition) is 2. The molecule has 0 N–H and O–H groups in total. The van der Waals surface area contributed by atoms with E-state index in [4.69, 9.17) is 4.98 Å². The fraction of sp³-hybridized carbons (Fsp3) is 0.0556. The Balaban J connectivity index is 2.05. The van der Waals surface area contributed by atoms with E-state index in [0.29, 0.717) is 0 Å². The van der Waals surface area contributed by atoms with Gasteiger partial charge in [-0.05, 0) is 35.4 Å². The molecule has 0 atom stereocenters. The summed E-state index contributed by atoms with van der Waals surface area (Å²) in [5, 5.41) is 3.55. The summed E-state index contributed by atoms with van der Waals surface area (Å²) >= 11 is 5.39. The number of halogens is 1. The topological polar surface area (TPSA) is 12.9 Å². The summed E-state index contributed by atoms with van der Waals surface area (Å²) in [6.07, 6.45) is 0. The molecule has 4 aromatic rings. The monoisotopic (exact) mass is 353 g/mol. The van der Waals surface area contributed by atoms with E-state index in [-0.39, 0.29) is 0 Å². The molecular formula is C18H12BrNS. The van der Waals surface area contributed by atoms with Crippen LogP contribution in [0.2, 0.25) is 0 Å². The van der Waals surface area contributed by atoms with Crippen molar-refractivity contribution in [3.05, 3.63) is 64.6 Å². The van der Waals surface area contributed by atoms with Crippen molar-refractivity contribution >= 4 is 48.3 Å². The summed E-state index contributed by atoms with van der Waals surface area (Å²) in [4.78, 5) is 4.87. The lowest BCUT2D eigenvalue weighted by molar-refractivity contribution is 1.42. The number of hydrogen-bond donors (Lipinski definition) is 0. The van der Waals surface area contributed by atoms with E-state index < -0.39 is 0 Å². The normalized spacial score (nSPS) is 11.3. The van der Waals surface area contributed by atoms with Gasteiger partial charge in [-0.1, -0.05) is 58.4 Å². The Morgan fingerprint density at radius 3 is 2.52 bits per heavy atom. The Morgan fingerprint density at radius 1 is 0.905 bits per heavy atom. The summed E-state index contributed by atoms with van der Waals surface area (Å²) in [5.41, 5.74) is 3.55. The molecule has 1 aromatic heterocycles. The van der Waals surface area contributed by atoms with Crippen LogP contribution >= 0.6 is 27.3 Å². The van der Waals surface area contributed by atoms with Crippen LogP contribution in [0.15, 0.2) is 59.1 Å². The Morgan fingerprint density at radius 2 is 1.67 bits per heavy atom. The number of para-hydroxylation sites is 1. The molecule has 1 nitrogen and oxygen atoms in total. The van der Waals surface area contributed by atoms with Crippen LogP contribution in [0.1, 0.15) is 5.56 Å². The van der Waals surface area contributed by atoms with Crippen molar-refractivity contribution < 1.29 is 0 Å². The molecule has 0 amide bonds. The highest BCUT2D eigenvalue weighted by atomic mass is 79.9. The van der Waals surface area contributed by atoms with Gasteiger partial charge in [0, 0.05) is 10.0 Å². The molecule has 3 aromatic carbocycles. The third-order valence-electron chi connectivity index (χ3n) is 3.72. The van der Waals surface area contributed by atoms with Crippen molar-refractivity contribution in [2.45, 2.75) is 6.92 Å². The molecule has 0 radical (unpaired) electrons. The van der Waals surface area contributed by atoms with Gasteiger partial charge in [-0.2, -0.15) is 0 Å². The predicted molar refractivity (Wildman–Crippen MR) is 95.0 cm³/mol. The van der Waals surface area contributed by atoms with Gasteiger partial charge >= 0.3 is 0 Å². The average molecular weight is 354 g/mol. The van der Waals surface area contributed by atoms with Gasteiger partial charge in [0.2, 0.25) is 0 Å². The number of rotatable bonds is 1. The first-order valence-corrected chi connectivity index (χ1v) is 8.39. The number of fused-ring (bicyclic) bond motifs is 2. The molecule has 0 aliphatic carbocycles. The quantitative estimate of drug-likeness (QED) is 0.397. The maximum atomic E-state index is 4.87. The Kier molecular flexibility index (Phi) is 3.05. The van der Waals surface area contributed by atoms with Crippen molar-refractivity contribution in [2.75, 3.05) is 0 Å². The van der Waals surface area contributed by atoms with Gasteiger partial charge in [0.1, 0.15) is 5.01 Å². The summed E-state index contributed by atoms with van der Waals surface area (Å²) < 4.78 is 2.37. The SMILES string of the molecule is Cc1cccc2sc(-c3cccc4c(Br)cccc34)nc12. The van der Waals surface area contributed by atoms with E-state index in [1.165, 1.54) is 26.6 Å². The minimum atomic E-state index is 1.09. The lowest BCUT2D eigenvalue weighted by Crippen LogP contribution is -1.81. The maximum Gasteiger partial charge on any atom is 0.125 e. The van der Waals surface area contributed by atoms with E-state index in [1.807, 2.05) is 0 Å². The maximum absolute atomic E-state index is 4.87. The molecule has 0 saturated carbocycles. The second-order valence-corrected chi connectivity index (χ2v) is 6.97. The highest BCUT2D eigenvalue weighted by Crippen LogP contribution is 2.37. The van der Waals surface area contributed by atoms with E-state index in [0.717, 1.165) is 15.0 Å². The Hall–Kier alpha value is -1.71. The summed E-state index contributed by atoms with van der Waals surface area (Å²) in [6, 6.07) is 19.1. The van der Waals surface area contributed by atoms with E-state index >= 15 is 0 Å². The number of nitrogens with zero attached hydrogens (tertiary/aromatic N) is 1. The lowest BCUT2D eigenvalue weighted by atomic mass is 10.1. The van der Waals surface area contributed by atoms with Crippen LogP contribution in [0, 0.1) is 6.92 Å². The lowest BCUT2D eigenvalue weighted by Gasteiger charge is -2.05. The number of benzene rings is 3. The molecular weight excluding hydrogens is 342 g/mol. The van der Waals surface area contributed by atoms with Crippen molar-refractivity contribution in [1.29, 1.82) is 0 Å². The molecule has 0 unspecified atom stereocenters. The van der Waals surface area contributed by atoms with Crippen molar-refractivity contribution in [2.24, 2.45) is 0 Å². The zero-order chi connectivity index (χ0) is 14.4. The molecule has 0 spiro atoms. The van der Waals surface area contributed by atoms with Crippen molar-refractivity contribution in [3.63, 3.8) is 0 Å². The summed E-state index contributed by atoms with van der Waals surface area (Å²) in [7, 11) is 0. The van der Waals surface area contributed by atoms with E-state index in [2.05, 4.69) is 77.5 Å². The third kappa shape index (κ3) is 2.08. The van der Waals surface area contributed by atoms with Crippen LogP contribution in [0.3, 0.4) is 0 Å². The second kappa shape index (κ2) is 4.93. The first-order valence-electron chi connectivity index (χ1n) is 6.78. The van der Waals surface area contributed by atoms with Gasteiger partial charge in [0.15, 0.2) is 0 Å². The first-order chi connectivity index (χ1) is 10.2. The molecule has 4 rings (SSSR count). The smallest absolute Gasteiger partial charge is 0.125 e. The van der Waals surface area contributed by atoms with Crippen LogP contribution < -0.4 is 0 Å². The van der Waals surface area contributed by atoms with Crippen LogP contribution in [0.5, 0.6) is 0 Å². The van der Waals surface area contributed by atoms with Crippen LogP contribution in [0.4, 0.5) is 0 Å². The predicted octanol–water partition coefficient (Wildman–Crippen LogP) is 6.19. The van der Waals surface area contributed by atoms with Crippen LogP contribution in [0.25, 0.3) is 31.6 Å². The molecule has 1 heterocycles. The second-order valence-electron chi connectivity index (χ2n) is 5.08. The standard InChI is InChI=1S/C18H12BrNS/c1-11-5-2-10-16-17(11)20-18(21-16)14-8-3-7-13-12(14)6-4-9-15(13)19/h2-10H,1H3. The van der Waals surface area contributed by atoms with E-state index in [1.54, 1.807) is 11.3 Å². The molecule has 102 valence electrons. The van der Waals surface area contributed by atoms with Gasteiger partial charge in [0.25, 0.3) is 0 Å². The Bertz CT molecular complexity index is 971. The van der Waals surface area contributed by atoms with Gasteiger partial charge in [-0.3, -0.25) is 0 Å². The average Bonchev–Trinajstić information content (AvgIpc) is 2.93. The zero-order valence-corrected chi connectivity index (χ0v) is 13.8. The summed E-state index contributed by atoms with van der Waals surface area (Å²) in [5.74, 6) is 0. The zero-order valence-electron chi connectivity index (χ0n) is 11.4. The number of thiazole rings is 1. The summed E-state index contributed by atoms with van der Waals surface area (Å²) in [6.45, 7) is 2.12. The van der Waals surface area contributed by atoms with Crippen LogP contribution in [-0.2, 0) is 0 Å². The molecule has 0 aliphatic heterocycles. The van der Waals surface area contributed by atoms with Gasteiger partial charge in [-0.15, -0.1) is 11.3 Å². The molecule has 0 bridgehead atoms. The van der Waals surface area contributed by atoms with Crippen LogP contribution in [-0.4, -0.2) is 4.98 Å². The minimum absolute atomic E-state index is 1.09.